The summed E-state index contributed by atoms with van der Waals surface area (Å²) in [4.78, 5) is 0. The summed E-state index contributed by atoms with van der Waals surface area (Å²) in [5.41, 5.74) is 1.23. The van der Waals surface area contributed by atoms with E-state index >= 15 is 0 Å². The van der Waals surface area contributed by atoms with Crippen molar-refractivity contribution in [3.05, 3.63) is 60.2 Å². The first-order valence-corrected chi connectivity index (χ1v) is 4.69. The van der Waals surface area contributed by atoms with Crippen molar-refractivity contribution in [3.63, 3.8) is 0 Å². The Bertz CT molecular complexity index is 331. The van der Waals surface area contributed by atoms with E-state index in [2.05, 4.69) is 5.92 Å². The fourth-order valence-corrected chi connectivity index (χ4v) is 1.09. The third kappa shape index (κ3) is 5.27. The molecular formula is C14H14Fe. The van der Waals surface area contributed by atoms with Crippen LogP contribution in [0.15, 0.2) is 54.6 Å². The number of terminal acetylenes is 1. The average molecular weight is 238 g/mol. The standard InChI is InChI=1S/C9H9.C5H5.Fe/c1-3-8(2)9-6-4-5-7-9;1-2-4-5-3-1;/h1,4-8H,2H3;1-5H;/q2*-1;+2. The fourth-order valence-electron chi connectivity index (χ4n) is 1.09. The molecule has 2 aromatic carbocycles. The normalized spacial score (nSPS) is 10.1. The van der Waals surface area contributed by atoms with Crippen LogP contribution < -0.4 is 0 Å². The molecular weight excluding hydrogens is 224 g/mol. The van der Waals surface area contributed by atoms with Gasteiger partial charge < -0.3 is 0 Å². The molecule has 0 aliphatic heterocycles. The molecule has 2 aromatic rings. The summed E-state index contributed by atoms with van der Waals surface area (Å²) in [5.74, 6) is 2.93. The van der Waals surface area contributed by atoms with Crippen LogP contribution in [0, 0.1) is 12.3 Å². The second kappa shape index (κ2) is 8.12. The Labute approximate surface area is 103 Å². The van der Waals surface area contributed by atoms with Gasteiger partial charge in [-0.05, 0) is 5.92 Å². The van der Waals surface area contributed by atoms with Crippen molar-refractivity contribution in [2.45, 2.75) is 12.8 Å². The van der Waals surface area contributed by atoms with E-state index in [1.54, 1.807) is 0 Å². The van der Waals surface area contributed by atoms with E-state index in [1.165, 1.54) is 5.56 Å². The van der Waals surface area contributed by atoms with Crippen LogP contribution >= 0.6 is 0 Å². The van der Waals surface area contributed by atoms with Gasteiger partial charge in [0.25, 0.3) is 0 Å². The molecule has 0 fully saturated rings. The molecule has 0 bridgehead atoms. The molecule has 0 nitrogen and oxygen atoms in total. The molecule has 78 valence electrons. The summed E-state index contributed by atoms with van der Waals surface area (Å²) < 4.78 is 0. The summed E-state index contributed by atoms with van der Waals surface area (Å²) >= 11 is 0. The predicted molar refractivity (Wildman–Crippen MR) is 61.3 cm³/mol. The molecule has 0 aromatic heterocycles. The Morgan fingerprint density at radius 3 is 2.00 bits per heavy atom. The third-order valence-corrected chi connectivity index (χ3v) is 1.99. The molecule has 0 N–H and O–H groups in total. The molecule has 1 unspecified atom stereocenters. The number of rotatable bonds is 1. The van der Waals surface area contributed by atoms with Crippen molar-refractivity contribution in [2.75, 3.05) is 0 Å². The van der Waals surface area contributed by atoms with E-state index in [4.69, 9.17) is 6.42 Å². The molecule has 0 saturated heterocycles. The van der Waals surface area contributed by atoms with Gasteiger partial charge in [0.05, 0.1) is 0 Å². The van der Waals surface area contributed by atoms with E-state index in [0.717, 1.165) is 0 Å². The Hall–Kier alpha value is -1.22. The van der Waals surface area contributed by atoms with Gasteiger partial charge in [0.15, 0.2) is 0 Å². The van der Waals surface area contributed by atoms with Crippen molar-refractivity contribution in [3.8, 4) is 12.3 Å². The second-order valence-corrected chi connectivity index (χ2v) is 3.07. The second-order valence-electron chi connectivity index (χ2n) is 3.07. The minimum atomic E-state index is 0. The van der Waals surface area contributed by atoms with Crippen LogP contribution in [0.5, 0.6) is 0 Å². The smallest absolute Gasteiger partial charge is 0.214 e. The molecule has 0 aliphatic rings. The van der Waals surface area contributed by atoms with Gasteiger partial charge in [-0.1, -0.05) is 6.92 Å². The van der Waals surface area contributed by atoms with Crippen LogP contribution in [-0.4, -0.2) is 0 Å². The van der Waals surface area contributed by atoms with E-state index in [0.29, 0.717) is 0 Å². The van der Waals surface area contributed by atoms with E-state index < -0.39 is 0 Å². The van der Waals surface area contributed by atoms with Crippen LogP contribution in [-0.2, 0) is 17.1 Å². The molecule has 0 amide bonds. The summed E-state index contributed by atoms with van der Waals surface area (Å²) in [6.07, 6.45) is 5.21. The number of hydrogen-bond donors (Lipinski definition) is 0. The van der Waals surface area contributed by atoms with E-state index in [1.807, 2.05) is 61.5 Å². The Morgan fingerprint density at radius 2 is 1.67 bits per heavy atom. The van der Waals surface area contributed by atoms with Crippen LogP contribution in [0.2, 0.25) is 0 Å². The van der Waals surface area contributed by atoms with Crippen molar-refractivity contribution < 1.29 is 17.1 Å². The maximum absolute atomic E-state index is 5.21. The van der Waals surface area contributed by atoms with Crippen LogP contribution in [0.1, 0.15) is 18.4 Å². The quantitative estimate of drug-likeness (QED) is 0.405. The van der Waals surface area contributed by atoms with Gasteiger partial charge in [0.1, 0.15) is 0 Å². The Balaban J connectivity index is 0.000000280. The maximum atomic E-state index is 5.21. The zero-order valence-corrected chi connectivity index (χ0v) is 9.81. The topological polar surface area (TPSA) is 0 Å². The first kappa shape index (κ1) is 13.8. The third-order valence-electron chi connectivity index (χ3n) is 1.99. The minimum absolute atomic E-state index is 0. The van der Waals surface area contributed by atoms with Crippen LogP contribution in [0.3, 0.4) is 0 Å². The van der Waals surface area contributed by atoms with Crippen molar-refractivity contribution in [1.29, 1.82) is 0 Å². The molecule has 2 rings (SSSR count). The molecule has 1 atom stereocenters. The first-order valence-electron chi connectivity index (χ1n) is 4.69. The zero-order chi connectivity index (χ0) is 10.2. The van der Waals surface area contributed by atoms with E-state index in [9.17, 15) is 0 Å². The number of hydrogen-bond acceptors (Lipinski definition) is 0. The van der Waals surface area contributed by atoms with Crippen LogP contribution in [0.25, 0.3) is 0 Å². The van der Waals surface area contributed by atoms with Gasteiger partial charge in [-0.2, -0.15) is 30.3 Å². The van der Waals surface area contributed by atoms with Crippen molar-refractivity contribution in [2.24, 2.45) is 0 Å². The van der Waals surface area contributed by atoms with E-state index in [-0.39, 0.29) is 23.0 Å². The van der Waals surface area contributed by atoms with Gasteiger partial charge in [0.2, 0.25) is 0 Å². The first-order chi connectivity index (χ1) is 6.84. The summed E-state index contributed by atoms with van der Waals surface area (Å²) in [6.45, 7) is 2.02. The fraction of sp³-hybridized carbons (Fsp3) is 0.143. The molecule has 0 radical (unpaired) electrons. The molecule has 0 heterocycles. The molecule has 0 aliphatic carbocycles. The van der Waals surface area contributed by atoms with Gasteiger partial charge in [-0.3, -0.25) is 0 Å². The monoisotopic (exact) mass is 238 g/mol. The minimum Gasteiger partial charge on any atom is -0.214 e. The summed E-state index contributed by atoms with van der Waals surface area (Å²) in [6, 6.07) is 18.1. The van der Waals surface area contributed by atoms with Crippen molar-refractivity contribution >= 4 is 0 Å². The predicted octanol–water partition coefficient (Wildman–Crippen LogP) is 3.55. The SMILES string of the molecule is C#CC(C)[c-]1cccc1.[Fe+2].c1cc[cH-]c1. The van der Waals surface area contributed by atoms with Gasteiger partial charge in [-0.15, -0.1) is 17.9 Å². The van der Waals surface area contributed by atoms with Gasteiger partial charge >= 0.3 is 17.1 Å². The molecule has 1 heteroatoms. The zero-order valence-electron chi connectivity index (χ0n) is 8.70. The van der Waals surface area contributed by atoms with Crippen molar-refractivity contribution in [1.82, 2.24) is 0 Å². The van der Waals surface area contributed by atoms with Gasteiger partial charge in [0, 0.05) is 0 Å². The Morgan fingerprint density at radius 1 is 1.13 bits per heavy atom. The summed E-state index contributed by atoms with van der Waals surface area (Å²) in [5, 5.41) is 0. The molecule has 15 heavy (non-hydrogen) atoms. The van der Waals surface area contributed by atoms with Gasteiger partial charge in [-0.25, -0.2) is 24.3 Å². The Kier molecular flexibility index (Phi) is 7.46. The largest absolute Gasteiger partial charge is 2.00 e. The maximum Gasteiger partial charge on any atom is 2.00 e. The summed E-state index contributed by atoms with van der Waals surface area (Å²) in [7, 11) is 0. The average Bonchev–Trinajstić information content (AvgIpc) is 2.91. The molecule has 0 spiro atoms. The molecule has 0 saturated carbocycles. The van der Waals surface area contributed by atoms with Crippen LogP contribution in [0.4, 0.5) is 0 Å².